The van der Waals surface area contributed by atoms with Crippen LogP contribution in [0.1, 0.15) is 18.9 Å². The van der Waals surface area contributed by atoms with Crippen LogP contribution >= 0.6 is 0 Å². The quantitative estimate of drug-likeness (QED) is 0.674. The van der Waals surface area contributed by atoms with Gasteiger partial charge in [0.2, 0.25) is 0 Å². The molecule has 1 aliphatic rings. The van der Waals surface area contributed by atoms with E-state index in [0.717, 1.165) is 24.1 Å². The van der Waals surface area contributed by atoms with Crippen LogP contribution in [0, 0.1) is 5.82 Å². The van der Waals surface area contributed by atoms with E-state index in [0.29, 0.717) is 6.04 Å². The van der Waals surface area contributed by atoms with Crippen molar-refractivity contribution in [2.75, 3.05) is 5.32 Å². The monoisotopic (exact) mass is 165 g/mol. The van der Waals surface area contributed by atoms with Crippen LogP contribution in [0.3, 0.4) is 0 Å². The first-order valence-corrected chi connectivity index (χ1v) is 4.34. The van der Waals surface area contributed by atoms with Crippen LogP contribution in [-0.2, 0) is 6.42 Å². The number of hydrogen-bond acceptors (Lipinski definition) is 1. The highest BCUT2D eigenvalue weighted by Gasteiger charge is 2.18. The fourth-order valence-electron chi connectivity index (χ4n) is 1.65. The second-order valence-corrected chi connectivity index (χ2v) is 3.26. The summed E-state index contributed by atoms with van der Waals surface area (Å²) in [5.74, 6) is -0.132. The summed E-state index contributed by atoms with van der Waals surface area (Å²) in [4.78, 5) is 0. The Morgan fingerprint density at radius 2 is 2.42 bits per heavy atom. The average molecular weight is 165 g/mol. The lowest BCUT2D eigenvalue weighted by atomic mass is 10.1. The average Bonchev–Trinajstić information content (AvgIpc) is 2.46. The Balaban J connectivity index is 2.30. The molecule has 1 heterocycles. The number of nitrogens with one attached hydrogen (secondary N) is 1. The molecule has 1 unspecified atom stereocenters. The molecule has 0 amide bonds. The smallest absolute Gasteiger partial charge is 0.123 e. The number of fused-ring (bicyclic) bond motifs is 1. The fourth-order valence-corrected chi connectivity index (χ4v) is 1.65. The van der Waals surface area contributed by atoms with E-state index in [1.54, 1.807) is 6.07 Å². The van der Waals surface area contributed by atoms with Crippen molar-refractivity contribution >= 4 is 5.69 Å². The van der Waals surface area contributed by atoms with Gasteiger partial charge in [0.1, 0.15) is 5.82 Å². The van der Waals surface area contributed by atoms with Crippen LogP contribution in [0.25, 0.3) is 0 Å². The summed E-state index contributed by atoms with van der Waals surface area (Å²) in [5, 5.41) is 3.34. The number of halogens is 1. The van der Waals surface area contributed by atoms with Crippen LogP contribution in [0.4, 0.5) is 10.1 Å². The highest BCUT2D eigenvalue weighted by molar-refractivity contribution is 5.56. The largest absolute Gasteiger partial charge is 0.382 e. The molecular formula is C10H12FN. The number of rotatable bonds is 1. The molecule has 2 heteroatoms. The molecule has 2 rings (SSSR count). The second-order valence-electron chi connectivity index (χ2n) is 3.26. The maximum absolute atomic E-state index is 12.8. The molecule has 1 atom stereocenters. The van der Waals surface area contributed by atoms with Gasteiger partial charge in [0.15, 0.2) is 0 Å². The standard InChI is InChI=1S/C10H12FN/c1-2-9-6-7-5-8(11)3-4-10(7)12-9/h3-5,9,12H,2,6H2,1H3. The Morgan fingerprint density at radius 3 is 3.17 bits per heavy atom. The van der Waals surface area contributed by atoms with Gasteiger partial charge in [-0.15, -0.1) is 0 Å². The first-order chi connectivity index (χ1) is 5.79. The maximum Gasteiger partial charge on any atom is 0.123 e. The van der Waals surface area contributed by atoms with Gasteiger partial charge in [-0.05, 0) is 36.6 Å². The van der Waals surface area contributed by atoms with Gasteiger partial charge in [-0.25, -0.2) is 4.39 Å². The highest BCUT2D eigenvalue weighted by atomic mass is 19.1. The number of hydrogen-bond donors (Lipinski definition) is 1. The van der Waals surface area contributed by atoms with Crippen molar-refractivity contribution in [3.05, 3.63) is 29.6 Å². The predicted molar refractivity (Wildman–Crippen MR) is 47.8 cm³/mol. The summed E-state index contributed by atoms with van der Waals surface area (Å²) in [6.07, 6.45) is 2.06. The van der Waals surface area contributed by atoms with E-state index < -0.39 is 0 Å². The lowest BCUT2D eigenvalue weighted by Crippen LogP contribution is -2.12. The Labute approximate surface area is 71.6 Å². The topological polar surface area (TPSA) is 12.0 Å². The molecule has 1 aromatic carbocycles. The molecule has 0 bridgehead atoms. The molecule has 0 radical (unpaired) electrons. The molecular weight excluding hydrogens is 153 g/mol. The highest BCUT2D eigenvalue weighted by Crippen LogP contribution is 2.27. The van der Waals surface area contributed by atoms with E-state index in [9.17, 15) is 4.39 Å². The third-order valence-corrected chi connectivity index (χ3v) is 2.39. The normalized spacial score (nSPS) is 20.3. The second kappa shape index (κ2) is 2.77. The molecule has 0 aromatic heterocycles. The van der Waals surface area contributed by atoms with Gasteiger partial charge >= 0.3 is 0 Å². The van der Waals surface area contributed by atoms with Crippen LogP contribution in [0.5, 0.6) is 0 Å². The van der Waals surface area contributed by atoms with Crippen LogP contribution in [-0.4, -0.2) is 6.04 Å². The van der Waals surface area contributed by atoms with E-state index in [2.05, 4.69) is 12.2 Å². The van der Waals surface area contributed by atoms with Crippen molar-refractivity contribution in [2.45, 2.75) is 25.8 Å². The van der Waals surface area contributed by atoms with Crippen molar-refractivity contribution < 1.29 is 4.39 Å². The zero-order valence-electron chi connectivity index (χ0n) is 7.10. The zero-order valence-corrected chi connectivity index (χ0v) is 7.10. The molecule has 0 saturated heterocycles. The van der Waals surface area contributed by atoms with E-state index in [4.69, 9.17) is 0 Å². The van der Waals surface area contributed by atoms with Crippen molar-refractivity contribution in [2.24, 2.45) is 0 Å². The van der Waals surface area contributed by atoms with E-state index in [1.807, 2.05) is 6.07 Å². The predicted octanol–water partition coefficient (Wildman–Crippen LogP) is 2.57. The summed E-state index contributed by atoms with van der Waals surface area (Å²) in [7, 11) is 0. The molecule has 0 fully saturated rings. The lowest BCUT2D eigenvalue weighted by Gasteiger charge is -2.05. The third-order valence-electron chi connectivity index (χ3n) is 2.39. The van der Waals surface area contributed by atoms with Crippen LogP contribution in [0.2, 0.25) is 0 Å². The van der Waals surface area contributed by atoms with Crippen molar-refractivity contribution in [3.63, 3.8) is 0 Å². The molecule has 1 aliphatic heterocycles. The molecule has 1 nitrogen and oxygen atoms in total. The molecule has 0 aliphatic carbocycles. The van der Waals surface area contributed by atoms with Gasteiger partial charge < -0.3 is 5.32 Å². The number of benzene rings is 1. The van der Waals surface area contributed by atoms with Crippen LogP contribution in [0.15, 0.2) is 18.2 Å². The van der Waals surface area contributed by atoms with Gasteiger partial charge in [-0.2, -0.15) is 0 Å². The van der Waals surface area contributed by atoms with E-state index in [-0.39, 0.29) is 5.82 Å². The Hall–Kier alpha value is -1.05. The summed E-state index contributed by atoms with van der Waals surface area (Å²) >= 11 is 0. The van der Waals surface area contributed by atoms with Gasteiger partial charge in [0.25, 0.3) is 0 Å². The molecule has 12 heavy (non-hydrogen) atoms. The first kappa shape index (κ1) is 7.59. The lowest BCUT2D eigenvalue weighted by molar-refractivity contribution is 0.625. The minimum Gasteiger partial charge on any atom is -0.382 e. The Kier molecular flexibility index (Phi) is 1.75. The van der Waals surface area contributed by atoms with Gasteiger partial charge in [-0.3, -0.25) is 0 Å². The van der Waals surface area contributed by atoms with Gasteiger partial charge in [0, 0.05) is 11.7 Å². The third kappa shape index (κ3) is 1.17. The minimum absolute atomic E-state index is 0.132. The maximum atomic E-state index is 12.8. The van der Waals surface area contributed by atoms with Gasteiger partial charge in [-0.1, -0.05) is 6.92 Å². The summed E-state index contributed by atoms with van der Waals surface area (Å²) in [6, 6.07) is 5.45. The van der Waals surface area contributed by atoms with Gasteiger partial charge in [0.05, 0.1) is 0 Å². The summed E-state index contributed by atoms with van der Waals surface area (Å²) < 4.78 is 12.8. The molecule has 0 spiro atoms. The Morgan fingerprint density at radius 1 is 1.58 bits per heavy atom. The van der Waals surface area contributed by atoms with E-state index in [1.165, 1.54) is 6.07 Å². The summed E-state index contributed by atoms with van der Waals surface area (Å²) in [6.45, 7) is 2.14. The zero-order chi connectivity index (χ0) is 8.55. The molecule has 64 valence electrons. The molecule has 0 saturated carbocycles. The SMILES string of the molecule is CCC1Cc2cc(F)ccc2N1. The minimum atomic E-state index is -0.132. The van der Waals surface area contributed by atoms with Crippen LogP contribution < -0.4 is 5.32 Å². The number of anilines is 1. The molecule has 1 N–H and O–H groups in total. The van der Waals surface area contributed by atoms with E-state index >= 15 is 0 Å². The van der Waals surface area contributed by atoms with Crippen molar-refractivity contribution in [1.82, 2.24) is 0 Å². The Bertz CT molecular complexity index is 296. The molecule has 1 aromatic rings. The fraction of sp³-hybridized carbons (Fsp3) is 0.400. The first-order valence-electron chi connectivity index (χ1n) is 4.34. The van der Waals surface area contributed by atoms with Crippen molar-refractivity contribution in [3.8, 4) is 0 Å². The summed E-state index contributed by atoms with van der Waals surface area (Å²) in [5.41, 5.74) is 2.21. The van der Waals surface area contributed by atoms with Crippen molar-refractivity contribution in [1.29, 1.82) is 0 Å².